The standard InChI is InChI=1S/C15H24N2/c1-12-9-14(2,3)10-15(12,11-16)17-13-7-5-4-6-8-13/h4-8,12,17H,9-11,16H2,1-3H3. The Kier molecular flexibility index (Phi) is 3.17. The van der Waals surface area contributed by atoms with E-state index in [1.165, 1.54) is 12.1 Å². The Labute approximate surface area is 105 Å². The average Bonchev–Trinajstić information content (AvgIpc) is 2.50. The predicted octanol–water partition coefficient (Wildman–Crippen LogP) is 3.25. The van der Waals surface area contributed by atoms with Crippen LogP contribution in [0.4, 0.5) is 5.69 Å². The van der Waals surface area contributed by atoms with Crippen LogP contribution in [-0.4, -0.2) is 12.1 Å². The summed E-state index contributed by atoms with van der Waals surface area (Å²) in [6.07, 6.45) is 2.39. The zero-order chi connectivity index (χ0) is 12.5. The molecular weight excluding hydrogens is 208 g/mol. The fourth-order valence-electron chi connectivity index (χ4n) is 3.43. The van der Waals surface area contributed by atoms with Crippen molar-refractivity contribution < 1.29 is 0 Å². The molecule has 0 aromatic heterocycles. The number of hydrogen-bond donors (Lipinski definition) is 2. The quantitative estimate of drug-likeness (QED) is 0.839. The van der Waals surface area contributed by atoms with Gasteiger partial charge in [0.15, 0.2) is 0 Å². The second-order valence-corrected chi connectivity index (χ2v) is 6.30. The van der Waals surface area contributed by atoms with Crippen molar-refractivity contribution in [2.45, 2.75) is 39.2 Å². The van der Waals surface area contributed by atoms with Gasteiger partial charge in [-0.3, -0.25) is 0 Å². The summed E-state index contributed by atoms with van der Waals surface area (Å²) in [5, 5.41) is 3.68. The van der Waals surface area contributed by atoms with E-state index in [0.29, 0.717) is 17.9 Å². The lowest BCUT2D eigenvalue weighted by atomic mass is 9.86. The van der Waals surface area contributed by atoms with Crippen LogP contribution >= 0.6 is 0 Å². The molecule has 17 heavy (non-hydrogen) atoms. The van der Waals surface area contributed by atoms with Gasteiger partial charge in [-0.15, -0.1) is 0 Å². The molecule has 1 aliphatic rings. The van der Waals surface area contributed by atoms with E-state index in [-0.39, 0.29) is 5.54 Å². The Morgan fingerprint density at radius 2 is 1.94 bits per heavy atom. The molecule has 1 fully saturated rings. The summed E-state index contributed by atoms with van der Waals surface area (Å²) >= 11 is 0. The monoisotopic (exact) mass is 232 g/mol. The Morgan fingerprint density at radius 1 is 1.29 bits per heavy atom. The molecule has 1 aliphatic carbocycles. The third kappa shape index (κ3) is 2.47. The van der Waals surface area contributed by atoms with Gasteiger partial charge in [-0.2, -0.15) is 0 Å². The van der Waals surface area contributed by atoms with E-state index < -0.39 is 0 Å². The van der Waals surface area contributed by atoms with Gasteiger partial charge in [0, 0.05) is 12.2 Å². The summed E-state index contributed by atoms with van der Waals surface area (Å²) in [7, 11) is 0. The summed E-state index contributed by atoms with van der Waals surface area (Å²) < 4.78 is 0. The number of anilines is 1. The van der Waals surface area contributed by atoms with Crippen LogP contribution in [0.3, 0.4) is 0 Å². The molecule has 0 amide bonds. The van der Waals surface area contributed by atoms with Crippen molar-refractivity contribution in [3.05, 3.63) is 30.3 Å². The third-order valence-electron chi connectivity index (χ3n) is 4.13. The van der Waals surface area contributed by atoms with Crippen molar-refractivity contribution in [3.63, 3.8) is 0 Å². The van der Waals surface area contributed by atoms with E-state index in [1.54, 1.807) is 0 Å². The molecule has 0 heterocycles. The SMILES string of the molecule is CC1CC(C)(C)CC1(CN)Nc1ccccc1. The molecule has 0 radical (unpaired) electrons. The highest BCUT2D eigenvalue weighted by Crippen LogP contribution is 2.48. The normalized spacial score (nSPS) is 31.4. The fourth-order valence-corrected chi connectivity index (χ4v) is 3.43. The van der Waals surface area contributed by atoms with E-state index in [2.05, 4.69) is 50.4 Å². The van der Waals surface area contributed by atoms with Crippen LogP contribution in [0.1, 0.15) is 33.6 Å². The first-order valence-electron chi connectivity index (χ1n) is 6.51. The molecule has 3 N–H and O–H groups in total. The van der Waals surface area contributed by atoms with Gasteiger partial charge in [-0.25, -0.2) is 0 Å². The molecular formula is C15H24N2. The zero-order valence-electron chi connectivity index (χ0n) is 11.2. The van der Waals surface area contributed by atoms with Crippen LogP contribution in [0.5, 0.6) is 0 Å². The van der Waals surface area contributed by atoms with Gasteiger partial charge in [0.25, 0.3) is 0 Å². The molecule has 2 atom stereocenters. The Hall–Kier alpha value is -1.02. The summed E-state index contributed by atoms with van der Waals surface area (Å²) in [5.74, 6) is 0.614. The molecule has 2 unspecified atom stereocenters. The van der Waals surface area contributed by atoms with Crippen molar-refractivity contribution in [1.29, 1.82) is 0 Å². The molecule has 0 bridgehead atoms. The van der Waals surface area contributed by atoms with Gasteiger partial charge in [0.2, 0.25) is 0 Å². The maximum atomic E-state index is 6.07. The lowest BCUT2D eigenvalue weighted by Crippen LogP contribution is -2.48. The highest BCUT2D eigenvalue weighted by atomic mass is 15.0. The number of benzene rings is 1. The highest BCUT2D eigenvalue weighted by molar-refractivity contribution is 5.46. The molecule has 1 aromatic carbocycles. The first kappa shape index (κ1) is 12.4. The lowest BCUT2D eigenvalue weighted by Gasteiger charge is -2.35. The summed E-state index contributed by atoms with van der Waals surface area (Å²) in [6, 6.07) is 10.4. The topological polar surface area (TPSA) is 38.0 Å². The first-order valence-corrected chi connectivity index (χ1v) is 6.51. The van der Waals surface area contributed by atoms with Crippen LogP contribution in [-0.2, 0) is 0 Å². The molecule has 1 aromatic rings. The molecule has 0 spiro atoms. The second kappa shape index (κ2) is 4.34. The van der Waals surface area contributed by atoms with Crippen LogP contribution in [0.25, 0.3) is 0 Å². The summed E-state index contributed by atoms with van der Waals surface area (Å²) in [4.78, 5) is 0. The van der Waals surface area contributed by atoms with Crippen LogP contribution < -0.4 is 11.1 Å². The Bertz CT molecular complexity index is 372. The highest BCUT2D eigenvalue weighted by Gasteiger charge is 2.47. The minimum atomic E-state index is 0.0604. The minimum absolute atomic E-state index is 0.0604. The molecule has 1 saturated carbocycles. The van der Waals surface area contributed by atoms with Crippen molar-refractivity contribution in [2.24, 2.45) is 17.1 Å². The summed E-state index contributed by atoms with van der Waals surface area (Å²) in [6.45, 7) is 7.70. The number of nitrogens with two attached hydrogens (primary N) is 1. The molecule has 94 valence electrons. The fraction of sp³-hybridized carbons (Fsp3) is 0.600. The van der Waals surface area contributed by atoms with E-state index in [9.17, 15) is 0 Å². The van der Waals surface area contributed by atoms with Gasteiger partial charge < -0.3 is 11.1 Å². The van der Waals surface area contributed by atoms with Crippen molar-refractivity contribution in [2.75, 3.05) is 11.9 Å². The smallest absolute Gasteiger partial charge is 0.0526 e. The lowest BCUT2D eigenvalue weighted by molar-refractivity contribution is 0.350. The number of para-hydroxylation sites is 1. The van der Waals surface area contributed by atoms with E-state index in [4.69, 9.17) is 5.73 Å². The zero-order valence-corrected chi connectivity index (χ0v) is 11.2. The molecule has 2 rings (SSSR count). The molecule has 0 saturated heterocycles. The number of rotatable bonds is 3. The van der Waals surface area contributed by atoms with Gasteiger partial charge in [-0.05, 0) is 36.3 Å². The number of hydrogen-bond acceptors (Lipinski definition) is 2. The van der Waals surface area contributed by atoms with Gasteiger partial charge in [0.05, 0.1) is 5.54 Å². The average molecular weight is 232 g/mol. The minimum Gasteiger partial charge on any atom is -0.378 e. The Balaban J connectivity index is 2.21. The second-order valence-electron chi connectivity index (χ2n) is 6.30. The maximum Gasteiger partial charge on any atom is 0.0526 e. The van der Waals surface area contributed by atoms with E-state index in [0.717, 1.165) is 6.42 Å². The van der Waals surface area contributed by atoms with Crippen molar-refractivity contribution in [3.8, 4) is 0 Å². The van der Waals surface area contributed by atoms with E-state index in [1.807, 2.05) is 6.07 Å². The molecule has 2 nitrogen and oxygen atoms in total. The molecule has 0 aliphatic heterocycles. The van der Waals surface area contributed by atoms with Crippen LogP contribution in [0.2, 0.25) is 0 Å². The van der Waals surface area contributed by atoms with Gasteiger partial charge in [0.1, 0.15) is 0 Å². The van der Waals surface area contributed by atoms with Crippen LogP contribution in [0, 0.1) is 11.3 Å². The van der Waals surface area contributed by atoms with E-state index >= 15 is 0 Å². The first-order chi connectivity index (χ1) is 7.97. The largest absolute Gasteiger partial charge is 0.378 e. The Morgan fingerprint density at radius 3 is 2.41 bits per heavy atom. The summed E-state index contributed by atoms with van der Waals surface area (Å²) in [5.41, 5.74) is 7.70. The van der Waals surface area contributed by atoms with Crippen molar-refractivity contribution in [1.82, 2.24) is 0 Å². The molecule has 2 heteroatoms. The van der Waals surface area contributed by atoms with Gasteiger partial charge >= 0.3 is 0 Å². The van der Waals surface area contributed by atoms with Crippen molar-refractivity contribution >= 4 is 5.69 Å². The number of nitrogens with one attached hydrogen (secondary N) is 1. The third-order valence-corrected chi connectivity index (χ3v) is 4.13. The predicted molar refractivity (Wildman–Crippen MR) is 74.0 cm³/mol. The van der Waals surface area contributed by atoms with Gasteiger partial charge in [-0.1, -0.05) is 39.0 Å². The maximum absolute atomic E-state index is 6.07. The van der Waals surface area contributed by atoms with Crippen LogP contribution in [0.15, 0.2) is 30.3 Å².